The number of hydrogen-bond donors (Lipinski definition) is 3. The molecule has 5 nitrogen and oxygen atoms in total. The lowest BCUT2D eigenvalue weighted by atomic mass is 10.1. The zero-order valence-corrected chi connectivity index (χ0v) is 13.2. The van der Waals surface area contributed by atoms with Gasteiger partial charge in [-0.3, -0.25) is 4.79 Å². The van der Waals surface area contributed by atoms with Crippen molar-refractivity contribution in [3.05, 3.63) is 26.6 Å². The number of benzene rings is 1. The van der Waals surface area contributed by atoms with E-state index in [1.54, 1.807) is 0 Å². The van der Waals surface area contributed by atoms with Gasteiger partial charge in [0.2, 0.25) is 0 Å². The molecule has 0 saturated heterocycles. The van der Waals surface area contributed by atoms with Crippen molar-refractivity contribution < 1.29 is 33.0 Å². The van der Waals surface area contributed by atoms with Gasteiger partial charge >= 0.3 is 18.1 Å². The minimum absolute atomic E-state index is 0.122. The van der Waals surface area contributed by atoms with Gasteiger partial charge in [-0.15, -0.1) is 0 Å². The molecule has 0 aliphatic carbocycles. The van der Waals surface area contributed by atoms with Gasteiger partial charge in [-0.05, 0) is 17.7 Å². The number of aromatic hydroxyl groups is 1. The first kappa shape index (κ1) is 17.8. The summed E-state index contributed by atoms with van der Waals surface area (Å²) >= 11 is 6.13. The Labute approximate surface area is 133 Å². The van der Waals surface area contributed by atoms with Crippen LogP contribution < -0.4 is 5.32 Å². The molecular weight excluding hydrogens is 427 g/mol. The van der Waals surface area contributed by atoms with E-state index >= 15 is 0 Å². The minimum atomic E-state index is -5.17. The molecule has 1 aromatic carbocycles. The van der Waals surface area contributed by atoms with Gasteiger partial charge < -0.3 is 15.5 Å². The van der Waals surface area contributed by atoms with E-state index in [1.807, 2.05) is 0 Å². The maximum absolute atomic E-state index is 12.2. The van der Waals surface area contributed by atoms with Crippen molar-refractivity contribution in [1.82, 2.24) is 5.32 Å². The first-order valence-electron chi connectivity index (χ1n) is 5.29. The van der Waals surface area contributed by atoms with E-state index in [4.69, 9.17) is 5.11 Å². The quantitative estimate of drug-likeness (QED) is 0.679. The molecule has 1 aromatic rings. The number of amides is 1. The number of nitrogens with one attached hydrogen (secondary N) is 1. The summed E-state index contributed by atoms with van der Waals surface area (Å²) in [7, 11) is 0. The standard InChI is InChI=1S/C11H8Br2F3NO4/c12-6-1-4(18)2-7(13)5(6)3-8(9(19)20)17-10(21)11(14,15)16/h1-2,8,18H,3H2,(H,17,21)(H,19,20). The van der Waals surface area contributed by atoms with Crippen LogP contribution in [0.5, 0.6) is 5.75 Å². The summed E-state index contributed by atoms with van der Waals surface area (Å²) < 4.78 is 37.1. The van der Waals surface area contributed by atoms with Crippen molar-refractivity contribution in [2.75, 3.05) is 0 Å². The monoisotopic (exact) mass is 433 g/mol. The number of halogens is 5. The molecule has 0 spiro atoms. The third-order valence-corrected chi connectivity index (χ3v) is 3.81. The van der Waals surface area contributed by atoms with Gasteiger partial charge in [-0.2, -0.15) is 13.2 Å². The van der Waals surface area contributed by atoms with Crippen molar-refractivity contribution in [2.45, 2.75) is 18.6 Å². The summed E-state index contributed by atoms with van der Waals surface area (Å²) in [5, 5.41) is 19.6. The molecule has 3 N–H and O–H groups in total. The van der Waals surface area contributed by atoms with Gasteiger partial charge in [0.05, 0.1) is 0 Å². The lowest BCUT2D eigenvalue weighted by Gasteiger charge is -2.17. The Morgan fingerprint density at radius 1 is 1.24 bits per heavy atom. The van der Waals surface area contributed by atoms with Gasteiger partial charge in [-0.25, -0.2) is 4.79 Å². The molecule has 1 rings (SSSR count). The van der Waals surface area contributed by atoms with Crippen molar-refractivity contribution in [3.8, 4) is 5.75 Å². The van der Waals surface area contributed by atoms with Crippen molar-refractivity contribution in [3.63, 3.8) is 0 Å². The highest BCUT2D eigenvalue weighted by molar-refractivity contribution is 9.11. The fourth-order valence-electron chi connectivity index (χ4n) is 1.43. The van der Waals surface area contributed by atoms with E-state index in [-0.39, 0.29) is 5.75 Å². The molecule has 0 aromatic heterocycles. The van der Waals surface area contributed by atoms with Crippen molar-refractivity contribution in [2.24, 2.45) is 0 Å². The molecule has 1 unspecified atom stereocenters. The molecule has 116 valence electrons. The van der Waals surface area contributed by atoms with Gasteiger partial charge in [0.15, 0.2) is 0 Å². The van der Waals surface area contributed by atoms with E-state index < -0.39 is 30.5 Å². The van der Waals surface area contributed by atoms with E-state index in [1.165, 1.54) is 17.4 Å². The second-order valence-electron chi connectivity index (χ2n) is 3.95. The fraction of sp³-hybridized carbons (Fsp3) is 0.273. The SMILES string of the molecule is O=C(O)C(Cc1c(Br)cc(O)cc1Br)NC(=O)C(F)(F)F. The molecule has 0 aliphatic heterocycles. The number of carboxylic acid groups (broad SMARTS) is 1. The van der Waals surface area contributed by atoms with Crippen LogP contribution in [0.25, 0.3) is 0 Å². The Morgan fingerprint density at radius 2 is 1.71 bits per heavy atom. The minimum Gasteiger partial charge on any atom is -0.508 e. The topological polar surface area (TPSA) is 86.6 Å². The first-order chi connectivity index (χ1) is 9.52. The maximum Gasteiger partial charge on any atom is 0.471 e. The highest BCUT2D eigenvalue weighted by atomic mass is 79.9. The van der Waals surface area contributed by atoms with Gasteiger partial charge in [0.1, 0.15) is 11.8 Å². The Hall–Kier alpha value is -1.29. The Bertz CT molecular complexity index is 554. The number of carboxylic acids is 1. The molecule has 1 amide bonds. The van der Waals surface area contributed by atoms with E-state index in [0.717, 1.165) is 0 Å². The molecular formula is C11H8Br2F3NO4. The second-order valence-corrected chi connectivity index (χ2v) is 5.66. The summed E-state index contributed by atoms with van der Waals surface area (Å²) in [5.41, 5.74) is 0.294. The van der Waals surface area contributed by atoms with Crippen LogP contribution in [-0.4, -0.2) is 34.3 Å². The summed E-state index contributed by atoms with van der Waals surface area (Å²) in [6.07, 6.45) is -5.57. The van der Waals surface area contributed by atoms with E-state index in [9.17, 15) is 27.9 Å². The van der Waals surface area contributed by atoms with Crippen LogP contribution in [0.2, 0.25) is 0 Å². The maximum atomic E-state index is 12.2. The van der Waals surface area contributed by atoms with Crippen LogP contribution >= 0.6 is 31.9 Å². The van der Waals surface area contributed by atoms with Gasteiger partial charge in [0, 0.05) is 15.4 Å². The van der Waals surface area contributed by atoms with Crippen LogP contribution in [0.15, 0.2) is 21.1 Å². The molecule has 0 fully saturated rings. The number of carbonyl (C=O) groups is 2. The Morgan fingerprint density at radius 3 is 2.10 bits per heavy atom. The normalized spacial score (nSPS) is 12.8. The first-order valence-corrected chi connectivity index (χ1v) is 6.88. The average molecular weight is 435 g/mol. The molecule has 0 aliphatic rings. The summed E-state index contributed by atoms with van der Waals surface area (Å²) in [5.74, 6) is -4.07. The number of phenols is 1. The smallest absolute Gasteiger partial charge is 0.471 e. The third-order valence-electron chi connectivity index (χ3n) is 2.39. The fourth-order valence-corrected chi connectivity index (χ4v) is 2.91. The van der Waals surface area contributed by atoms with Crippen LogP contribution in [-0.2, 0) is 16.0 Å². The zero-order chi connectivity index (χ0) is 16.4. The molecule has 10 heteroatoms. The highest BCUT2D eigenvalue weighted by Gasteiger charge is 2.41. The van der Waals surface area contributed by atoms with Crippen LogP contribution in [0.3, 0.4) is 0 Å². The number of hydrogen-bond acceptors (Lipinski definition) is 3. The number of alkyl halides is 3. The number of phenolic OH excluding ortho intramolecular Hbond substituents is 1. The predicted molar refractivity (Wildman–Crippen MR) is 72.8 cm³/mol. The highest BCUT2D eigenvalue weighted by Crippen LogP contribution is 2.31. The van der Waals surface area contributed by atoms with Crippen molar-refractivity contribution >= 4 is 43.7 Å². The Kier molecular flexibility index (Phi) is 5.62. The van der Waals surface area contributed by atoms with Crippen molar-refractivity contribution in [1.29, 1.82) is 0 Å². The number of carbonyl (C=O) groups excluding carboxylic acids is 1. The lowest BCUT2D eigenvalue weighted by molar-refractivity contribution is -0.175. The molecule has 21 heavy (non-hydrogen) atoms. The summed E-state index contributed by atoms with van der Waals surface area (Å²) in [6.45, 7) is 0. The summed E-state index contributed by atoms with van der Waals surface area (Å²) in [6, 6.07) is 0.742. The molecule has 0 saturated carbocycles. The van der Waals surface area contributed by atoms with Crippen LogP contribution in [0, 0.1) is 0 Å². The van der Waals surface area contributed by atoms with Gasteiger partial charge in [0.25, 0.3) is 0 Å². The molecule has 0 radical (unpaired) electrons. The zero-order valence-electron chi connectivity index (χ0n) is 10.0. The second kappa shape index (κ2) is 6.65. The molecule has 0 bridgehead atoms. The summed E-state index contributed by atoms with van der Waals surface area (Å²) in [4.78, 5) is 21.8. The molecule has 1 atom stereocenters. The van der Waals surface area contributed by atoms with Crippen LogP contribution in [0.1, 0.15) is 5.56 Å². The predicted octanol–water partition coefficient (Wildman–Crippen LogP) is 2.59. The van der Waals surface area contributed by atoms with E-state index in [0.29, 0.717) is 14.5 Å². The number of aliphatic carboxylic acids is 1. The molecule has 0 heterocycles. The largest absolute Gasteiger partial charge is 0.508 e. The van der Waals surface area contributed by atoms with Crippen LogP contribution in [0.4, 0.5) is 13.2 Å². The number of rotatable bonds is 4. The van der Waals surface area contributed by atoms with Gasteiger partial charge in [-0.1, -0.05) is 31.9 Å². The van der Waals surface area contributed by atoms with E-state index in [2.05, 4.69) is 31.9 Å². The lowest BCUT2D eigenvalue weighted by Crippen LogP contribution is -2.48. The third kappa shape index (κ3) is 4.88. The average Bonchev–Trinajstić information content (AvgIpc) is 2.30. The Balaban J connectivity index is 3.00.